The number of piperazine rings is 1. The largest absolute Gasteiger partial charge is 0.461 e. The number of nitrogens with zero attached hydrogens (tertiary/aromatic N) is 7. The van der Waals surface area contributed by atoms with Gasteiger partial charge in [-0.15, -0.1) is 0 Å². The Hall–Kier alpha value is -4.92. The number of morpholine rings is 1. The smallest absolute Gasteiger partial charge is 0.410 e. The molecular formula is C37H41N7O4. The predicted octanol–water partition coefficient (Wildman–Crippen LogP) is 4.64. The van der Waals surface area contributed by atoms with Crippen molar-refractivity contribution in [1.29, 1.82) is 5.26 Å². The van der Waals surface area contributed by atoms with Crippen molar-refractivity contribution in [2.45, 2.75) is 38.1 Å². The van der Waals surface area contributed by atoms with Crippen LogP contribution in [0.5, 0.6) is 6.01 Å². The molecule has 0 radical (unpaired) electrons. The topological polar surface area (TPSA) is 107 Å². The van der Waals surface area contributed by atoms with E-state index in [1.807, 2.05) is 30.3 Å². The molecule has 0 bridgehead atoms. The van der Waals surface area contributed by atoms with Crippen molar-refractivity contribution in [1.82, 2.24) is 19.8 Å². The zero-order valence-corrected chi connectivity index (χ0v) is 27.3. The number of aromatic nitrogens is 2. The molecule has 0 spiro atoms. The Kier molecular flexibility index (Phi) is 9.54. The van der Waals surface area contributed by atoms with Crippen LogP contribution in [-0.4, -0.2) is 97.5 Å². The maximum atomic E-state index is 13.2. The zero-order chi connectivity index (χ0) is 32.9. The number of anilines is 2. The van der Waals surface area contributed by atoms with Gasteiger partial charge in [0.05, 0.1) is 37.4 Å². The van der Waals surface area contributed by atoms with Gasteiger partial charge in [0.1, 0.15) is 25.1 Å². The van der Waals surface area contributed by atoms with Crippen LogP contribution in [0.3, 0.4) is 0 Å². The minimum absolute atomic E-state index is 0.0653. The van der Waals surface area contributed by atoms with Crippen LogP contribution in [0.4, 0.5) is 16.3 Å². The van der Waals surface area contributed by atoms with E-state index in [-0.39, 0.29) is 25.2 Å². The summed E-state index contributed by atoms with van der Waals surface area (Å²) in [5.41, 5.74) is 4.11. The van der Waals surface area contributed by atoms with Crippen LogP contribution in [-0.2, 0) is 29.0 Å². The number of carbonyl (C=O) groups is 1. The highest BCUT2D eigenvalue weighted by molar-refractivity contribution is 5.94. The summed E-state index contributed by atoms with van der Waals surface area (Å²) in [5.74, 6) is 0.814. The summed E-state index contributed by atoms with van der Waals surface area (Å²) in [5, 5.41) is 12.1. The molecule has 7 rings (SSSR count). The molecule has 0 N–H and O–H groups in total. The molecule has 11 nitrogen and oxygen atoms in total. The summed E-state index contributed by atoms with van der Waals surface area (Å²) in [6, 6.07) is 26.8. The minimum Gasteiger partial charge on any atom is -0.461 e. The summed E-state index contributed by atoms with van der Waals surface area (Å²) in [4.78, 5) is 31.7. The number of rotatable bonds is 8. The number of hydrogen-bond acceptors (Lipinski definition) is 10. The van der Waals surface area contributed by atoms with Crippen molar-refractivity contribution in [3.8, 4) is 12.1 Å². The lowest BCUT2D eigenvalue weighted by Gasteiger charge is -2.42. The summed E-state index contributed by atoms with van der Waals surface area (Å²) >= 11 is 0. The lowest BCUT2D eigenvalue weighted by Crippen LogP contribution is -2.55. The normalized spacial score (nSPS) is 19.9. The Labute approximate surface area is 281 Å². The molecule has 1 amide bonds. The minimum atomic E-state index is -0.407. The van der Waals surface area contributed by atoms with Crippen LogP contribution >= 0.6 is 0 Å². The summed E-state index contributed by atoms with van der Waals surface area (Å²) in [6.45, 7) is 5.74. The molecule has 3 aliphatic heterocycles. The fourth-order valence-corrected chi connectivity index (χ4v) is 6.91. The van der Waals surface area contributed by atoms with Gasteiger partial charge < -0.3 is 33.8 Å². The molecule has 48 heavy (non-hydrogen) atoms. The monoisotopic (exact) mass is 647 g/mol. The van der Waals surface area contributed by atoms with E-state index in [9.17, 15) is 10.1 Å². The molecule has 0 saturated carbocycles. The lowest BCUT2D eigenvalue weighted by atomic mass is 10.0. The highest BCUT2D eigenvalue weighted by Crippen LogP contribution is 2.35. The molecular weight excluding hydrogens is 606 g/mol. The number of hydrogen-bond donors (Lipinski definition) is 0. The van der Waals surface area contributed by atoms with Gasteiger partial charge >= 0.3 is 12.1 Å². The maximum absolute atomic E-state index is 13.2. The number of ether oxygens (including phenoxy) is 3. The molecule has 11 heteroatoms. The third kappa shape index (κ3) is 7.00. The maximum Gasteiger partial charge on any atom is 0.410 e. The Bertz CT molecular complexity index is 1780. The molecule has 2 saturated heterocycles. The van der Waals surface area contributed by atoms with E-state index < -0.39 is 6.09 Å². The zero-order valence-electron chi connectivity index (χ0n) is 27.3. The third-order valence-corrected chi connectivity index (χ3v) is 9.42. The number of likely N-dealkylation sites (N-methyl/N-ethyl adjacent to an activating group) is 1. The van der Waals surface area contributed by atoms with Gasteiger partial charge in [-0.2, -0.15) is 15.2 Å². The Morgan fingerprint density at radius 3 is 2.65 bits per heavy atom. The molecule has 1 unspecified atom stereocenters. The molecule has 2 fully saturated rings. The molecule has 3 aliphatic rings. The van der Waals surface area contributed by atoms with E-state index in [0.717, 1.165) is 48.7 Å². The number of fused-ring (bicyclic) bond motifs is 2. The van der Waals surface area contributed by atoms with Gasteiger partial charge in [0.15, 0.2) is 0 Å². The van der Waals surface area contributed by atoms with Crippen molar-refractivity contribution in [3.63, 3.8) is 0 Å². The van der Waals surface area contributed by atoms with Crippen molar-refractivity contribution in [3.05, 3.63) is 89.6 Å². The van der Waals surface area contributed by atoms with Crippen molar-refractivity contribution in [2.24, 2.45) is 0 Å². The number of carbonyl (C=O) groups excluding carboxylic acids is 1. The molecule has 4 heterocycles. The number of nitriles is 1. The first-order valence-electron chi connectivity index (χ1n) is 16.7. The second-order valence-electron chi connectivity index (χ2n) is 12.7. The van der Waals surface area contributed by atoms with E-state index in [1.54, 1.807) is 4.90 Å². The van der Waals surface area contributed by atoms with Crippen molar-refractivity contribution < 1.29 is 19.0 Å². The fraction of sp³-hybridized carbons (Fsp3) is 0.405. The fourth-order valence-electron chi connectivity index (χ4n) is 6.91. The van der Waals surface area contributed by atoms with Gasteiger partial charge in [-0.05, 0) is 30.5 Å². The van der Waals surface area contributed by atoms with E-state index in [0.29, 0.717) is 45.4 Å². The van der Waals surface area contributed by atoms with Crippen LogP contribution in [0.2, 0.25) is 0 Å². The molecule has 0 aliphatic carbocycles. The SMILES string of the molecule is CN1CCO[C@H](COc2nc3c(c(N4CCN(C(=O)OCc5ccccc5)C(CC#N)C4)n2)CCN(c2cccc4ccccc24)C3)C1. The Morgan fingerprint density at radius 1 is 0.958 bits per heavy atom. The first kappa shape index (κ1) is 31.7. The lowest BCUT2D eigenvalue weighted by molar-refractivity contribution is -0.0417. The van der Waals surface area contributed by atoms with Gasteiger partial charge in [0, 0.05) is 55.9 Å². The highest BCUT2D eigenvalue weighted by Gasteiger charge is 2.35. The Morgan fingerprint density at radius 2 is 1.79 bits per heavy atom. The van der Waals surface area contributed by atoms with E-state index >= 15 is 0 Å². The molecule has 1 aromatic heterocycles. The average molecular weight is 648 g/mol. The van der Waals surface area contributed by atoms with E-state index in [4.69, 9.17) is 24.2 Å². The second kappa shape index (κ2) is 14.5. The van der Waals surface area contributed by atoms with Crippen LogP contribution in [0.1, 0.15) is 23.2 Å². The van der Waals surface area contributed by atoms with Crippen LogP contribution in [0.25, 0.3) is 10.8 Å². The van der Waals surface area contributed by atoms with Crippen molar-refractivity contribution in [2.75, 3.05) is 69.3 Å². The van der Waals surface area contributed by atoms with E-state index in [1.165, 1.54) is 16.5 Å². The second-order valence-corrected chi connectivity index (χ2v) is 12.7. The highest BCUT2D eigenvalue weighted by atomic mass is 16.6. The number of benzene rings is 3. The quantitative estimate of drug-likeness (QED) is 0.269. The van der Waals surface area contributed by atoms with Crippen LogP contribution in [0.15, 0.2) is 72.8 Å². The van der Waals surface area contributed by atoms with Gasteiger partial charge in [-0.3, -0.25) is 0 Å². The molecule has 4 aromatic rings. The van der Waals surface area contributed by atoms with Crippen LogP contribution < -0.4 is 14.5 Å². The molecule has 2 atom stereocenters. The number of amides is 1. The molecule has 248 valence electrons. The average Bonchev–Trinajstić information content (AvgIpc) is 3.13. The van der Waals surface area contributed by atoms with Gasteiger partial charge in [0.25, 0.3) is 0 Å². The summed E-state index contributed by atoms with van der Waals surface area (Å²) in [7, 11) is 2.08. The third-order valence-electron chi connectivity index (χ3n) is 9.42. The van der Waals surface area contributed by atoms with Gasteiger partial charge in [-0.25, -0.2) is 4.79 Å². The standard InChI is InChI=1S/C37H41N7O4/c1-41-20-21-46-30(23-41)26-47-36-39-33-24-42(34-13-7-11-28-10-5-6-12-31(28)34)17-15-32(33)35(40-36)43-18-19-44(29(22-43)14-16-38)37(45)48-25-27-8-3-2-4-9-27/h2-13,29-30H,14-15,17-26H2,1H3/t29?,30-/m0/s1. The first-order chi connectivity index (χ1) is 23.6. The summed E-state index contributed by atoms with van der Waals surface area (Å²) in [6.07, 6.45) is 0.474. The van der Waals surface area contributed by atoms with Crippen molar-refractivity contribution >= 4 is 28.4 Å². The Balaban J connectivity index is 1.14. The predicted molar refractivity (Wildman–Crippen MR) is 183 cm³/mol. The van der Waals surface area contributed by atoms with Crippen LogP contribution in [0, 0.1) is 11.3 Å². The van der Waals surface area contributed by atoms with Gasteiger partial charge in [0.2, 0.25) is 0 Å². The first-order valence-corrected chi connectivity index (χ1v) is 16.7. The summed E-state index contributed by atoms with van der Waals surface area (Å²) < 4.78 is 17.9. The van der Waals surface area contributed by atoms with E-state index in [2.05, 4.69) is 70.3 Å². The van der Waals surface area contributed by atoms with Gasteiger partial charge in [-0.1, -0.05) is 66.7 Å². The molecule has 3 aromatic carbocycles.